The Bertz CT molecular complexity index is 3750. The van der Waals surface area contributed by atoms with Crippen LogP contribution in [0.25, 0.3) is 44.4 Å². The summed E-state index contributed by atoms with van der Waals surface area (Å²) in [6, 6.07) is 28.7. The summed E-state index contributed by atoms with van der Waals surface area (Å²) in [4.78, 5) is 30.4. The minimum atomic E-state index is -0.687. The number of ether oxygens (including phenoxy) is 1. The molecular formula is C60H61N17O2. The molecular weight excluding hydrogens is 991 g/mol. The number of aryl methyl sites for hydroxylation is 2. The molecule has 79 heavy (non-hydrogen) atoms. The van der Waals surface area contributed by atoms with Gasteiger partial charge in [0.1, 0.15) is 23.8 Å². The monoisotopic (exact) mass is 1050 g/mol. The maximum Gasteiger partial charge on any atom is 0.316 e. The zero-order valence-corrected chi connectivity index (χ0v) is 44.8. The standard InChI is InChI=1S/C32H32N8.C28H29N9O2/c1-3-22-4-6-23(7-5-22)17-39-28-9-10-29(39)21-38(20-28)31-11-8-24(14-34-31)30-12-25(27-16-35-37(2)18-27)19-40-32(30)26(13-33)15-36-40;1-28(38)16-35(17-28)21-6-24(26-20(7-29)11-33-37(26)15-21)19-3-4-25(30-10-19)34-13-22-5-23(14-34)36(22)12-18-8-31-27(39-2)32-9-18/h4-8,11-12,14-16,18-19,28-29H,3,9-10,17,20-21H2,1-2H3;3-4,6,8-11,15,22-23,38H,5,12-14,16-17H2,1-2H3. The smallest absolute Gasteiger partial charge is 0.316 e. The predicted octanol–water partition coefficient (Wildman–Crippen LogP) is 7.18. The number of piperazine rings is 2. The fraction of sp³-hybridized carbons (Fsp3) is 0.350. The zero-order valence-electron chi connectivity index (χ0n) is 44.8. The molecule has 19 nitrogen and oxygen atoms in total. The molecule has 6 aliphatic rings. The summed E-state index contributed by atoms with van der Waals surface area (Å²) < 4.78 is 10.4. The molecule has 14 heterocycles. The highest BCUT2D eigenvalue weighted by Gasteiger charge is 2.45. The number of piperidine rings is 1. The Morgan fingerprint density at radius 1 is 0.595 bits per heavy atom. The van der Waals surface area contributed by atoms with Gasteiger partial charge in [-0.05, 0) is 80.1 Å². The number of pyridine rings is 4. The molecule has 0 radical (unpaired) electrons. The van der Waals surface area contributed by atoms with E-state index in [2.05, 4.69) is 129 Å². The van der Waals surface area contributed by atoms with Crippen LogP contribution in [0.5, 0.6) is 6.01 Å². The number of hydrogen-bond donors (Lipinski definition) is 1. The Kier molecular flexibility index (Phi) is 12.8. The number of rotatable bonds is 12. The lowest BCUT2D eigenvalue weighted by atomic mass is 9.87. The van der Waals surface area contributed by atoms with Crippen LogP contribution in [-0.4, -0.2) is 140 Å². The first-order valence-corrected chi connectivity index (χ1v) is 27.2. The quantitative estimate of drug-likeness (QED) is 0.129. The van der Waals surface area contributed by atoms with Crippen molar-refractivity contribution in [3.63, 3.8) is 0 Å². The van der Waals surface area contributed by atoms with Crippen LogP contribution in [0.4, 0.5) is 17.3 Å². The van der Waals surface area contributed by atoms with Crippen LogP contribution in [0.1, 0.15) is 60.9 Å². The summed E-state index contributed by atoms with van der Waals surface area (Å²) in [5.74, 6) is 1.97. The Labute approximate surface area is 458 Å². The van der Waals surface area contributed by atoms with Crippen molar-refractivity contribution in [1.29, 1.82) is 10.5 Å². The van der Waals surface area contributed by atoms with Crippen molar-refractivity contribution in [2.45, 2.75) is 82.4 Å². The third-order valence-corrected chi connectivity index (χ3v) is 16.7. The van der Waals surface area contributed by atoms with Crippen LogP contribution in [0.3, 0.4) is 0 Å². The first-order valence-electron chi connectivity index (χ1n) is 27.2. The van der Waals surface area contributed by atoms with E-state index in [1.165, 1.54) is 30.4 Å². The van der Waals surface area contributed by atoms with E-state index in [0.717, 1.165) is 113 Å². The van der Waals surface area contributed by atoms with E-state index in [4.69, 9.17) is 14.7 Å². The maximum absolute atomic E-state index is 10.2. The van der Waals surface area contributed by atoms with Crippen molar-refractivity contribution in [2.24, 2.45) is 7.05 Å². The molecule has 4 atom stereocenters. The molecule has 4 unspecified atom stereocenters. The van der Waals surface area contributed by atoms with E-state index in [1.54, 1.807) is 33.2 Å². The number of methoxy groups -OCH3 is 1. The predicted molar refractivity (Wildman–Crippen MR) is 300 cm³/mol. The van der Waals surface area contributed by atoms with Gasteiger partial charge in [-0.15, -0.1) is 0 Å². The topological polar surface area (TPSA) is 197 Å². The molecule has 398 valence electrons. The highest BCUT2D eigenvalue weighted by Crippen LogP contribution is 2.39. The van der Waals surface area contributed by atoms with E-state index in [1.807, 2.05) is 63.5 Å². The number of hydrogen-bond acceptors (Lipinski definition) is 16. The van der Waals surface area contributed by atoms with E-state index < -0.39 is 5.60 Å². The lowest BCUT2D eigenvalue weighted by Crippen LogP contribution is -2.68. The number of aliphatic hydroxyl groups is 1. The lowest BCUT2D eigenvalue weighted by molar-refractivity contribution is -0.00886. The molecule has 6 aliphatic heterocycles. The number of fused-ring (bicyclic) bond motifs is 6. The van der Waals surface area contributed by atoms with Gasteiger partial charge in [-0.25, -0.2) is 29.0 Å². The number of aromatic nitrogens is 10. The number of β-amino-alcohol motifs (C(OH)–C–C–N with tert-alkyl or cyclic N) is 1. The van der Waals surface area contributed by atoms with Gasteiger partial charge in [0.25, 0.3) is 0 Å². The third kappa shape index (κ3) is 9.53. The largest absolute Gasteiger partial charge is 0.467 e. The number of benzene rings is 1. The number of nitrogens with zero attached hydrogens (tertiary/aromatic N) is 17. The van der Waals surface area contributed by atoms with Crippen molar-refractivity contribution in [3.8, 4) is 51.5 Å². The molecule has 0 aliphatic carbocycles. The van der Waals surface area contributed by atoms with Gasteiger partial charge in [0.05, 0.1) is 65.3 Å². The second kappa shape index (κ2) is 20.2. The molecule has 6 saturated heterocycles. The van der Waals surface area contributed by atoms with Gasteiger partial charge < -0.3 is 24.5 Å². The zero-order chi connectivity index (χ0) is 53.9. The number of anilines is 3. The molecule has 1 aromatic carbocycles. The van der Waals surface area contributed by atoms with Crippen molar-refractivity contribution >= 4 is 28.4 Å². The van der Waals surface area contributed by atoms with Gasteiger partial charge in [0.15, 0.2) is 0 Å². The lowest BCUT2D eigenvalue weighted by Gasteiger charge is -2.56. The molecule has 0 amide bonds. The summed E-state index contributed by atoms with van der Waals surface area (Å²) in [7, 11) is 3.48. The van der Waals surface area contributed by atoms with Gasteiger partial charge in [-0.2, -0.15) is 25.8 Å². The van der Waals surface area contributed by atoms with Crippen LogP contribution < -0.4 is 19.4 Å². The average Bonchev–Trinajstić information content (AvgIpc) is 4.43. The van der Waals surface area contributed by atoms with Crippen LogP contribution in [0, 0.1) is 22.7 Å². The average molecular weight is 1050 g/mol. The van der Waals surface area contributed by atoms with Crippen molar-refractivity contribution in [1.82, 2.24) is 58.7 Å². The summed E-state index contributed by atoms with van der Waals surface area (Å²) in [6.07, 6.45) is 23.2. The third-order valence-electron chi connectivity index (χ3n) is 16.7. The van der Waals surface area contributed by atoms with E-state index >= 15 is 0 Å². The van der Waals surface area contributed by atoms with Crippen LogP contribution in [0.2, 0.25) is 0 Å². The first kappa shape index (κ1) is 49.8. The first-order chi connectivity index (χ1) is 38.5. The Morgan fingerprint density at radius 2 is 1.15 bits per heavy atom. The van der Waals surface area contributed by atoms with Gasteiger partial charge in [-0.1, -0.05) is 31.2 Å². The van der Waals surface area contributed by atoms with E-state index in [0.29, 0.717) is 54.4 Å². The molecule has 15 rings (SSSR count). The van der Waals surface area contributed by atoms with E-state index in [-0.39, 0.29) is 0 Å². The summed E-state index contributed by atoms with van der Waals surface area (Å²) >= 11 is 0. The summed E-state index contributed by atoms with van der Waals surface area (Å²) in [5.41, 5.74) is 12.5. The molecule has 6 fully saturated rings. The maximum atomic E-state index is 10.2. The van der Waals surface area contributed by atoms with Crippen LogP contribution in [-0.2, 0) is 26.6 Å². The van der Waals surface area contributed by atoms with Crippen molar-refractivity contribution < 1.29 is 9.84 Å². The highest BCUT2D eigenvalue weighted by molar-refractivity contribution is 5.88. The van der Waals surface area contributed by atoms with Crippen LogP contribution in [0.15, 0.2) is 123 Å². The van der Waals surface area contributed by atoms with Gasteiger partial charge in [-0.3, -0.25) is 14.5 Å². The van der Waals surface area contributed by atoms with E-state index in [9.17, 15) is 15.6 Å². The normalized spacial score (nSPS) is 20.3. The molecule has 8 aromatic heterocycles. The fourth-order valence-corrected chi connectivity index (χ4v) is 12.6. The van der Waals surface area contributed by atoms with Crippen LogP contribution >= 0.6 is 0 Å². The second-order valence-corrected chi connectivity index (χ2v) is 22.1. The molecule has 0 saturated carbocycles. The van der Waals surface area contributed by atoms with Gasteiger partial charge in [0.2, 0.25) is 0 Å². The SMILES string of the molecule is CCc1ccc(CN2C3CCC2CN(c2ccc(-c4cc(-c5cnn(C)c5)cn5ncc(C#N)c45)cn2)C3)cc1.COc1ncc(CN2C3CC2CN(c2ccc(-c4cc(N5CC(C)(O)C5)cn5ncc(C#N)c45)cn2)C3)cn1. The van der Waals surface area contributed by atoms with Crippen molar-refractivity contribution in [2.75, 3.05) is 61.1 Å². The summed E-state index contributed by atoms with van der Waals surface area (Å²) in [6.45, 7) is 10.9. The number of nitriles is 2. The highest BCUT2D eigenvalue weighted by atomic mass is 16.5. The molecule has 4 bridgehead atoms. The van der Waals surface area contributed by atoms with Gasteiger partial charge >= 0.3 is 6.01 Å². The Morgan fingerprint density at radius 3 is 1.68 bits per heavy atom. The summed E-state index contributed by atoms with van der Waals surface area (Å²) in [5, 5.41) is 42.9. The molecule has 1 N–H and O–H groups in total. The fourth-order valence-electron chi connectivity index (χ4n) is 12.6. The Balaban J connectivity index is 0.000000150. The molecule has 9 aromatic rings. The van der Waals surface area contributed by atoms with Crippen molar-refractivity contribution in [3.05, 3.63) is 150 Å². The second-order valence-electron chi connectivity index (χ2n) is 22.1. The minimum Gasteiger partial charge on any atom is -0.467 e. The molecule has 19 heteroatoms. The Hall–Kier alpha value is -8.75. The molecule has 0 spiro atoms. The minimum absolute atomic E-state index is 0.390. The van der Waals surface area contributed by atoms with Gasteiger partial charge in [0, 0.05) is 160 Å².